The van der Waals surface area contributed by atoms with Crippen molar-refractivity contribution in [1.29, 1.82) is 0 Å². The Morgan fingerprint density at radius 1 is 0.800 bits per heavy atom. The van der Waals surface area contributed by atoms with Gasteiger partial charge in [0.15, 0.2) is 0 Å². The summed E-state index contributed by atoms with van der Waals surface area (Å²) in [5.74, 6) is -0.832. The molecule has 0 aliphatic rings. The molecule has 1 aromatic carbocycles. The highest BCUT2D eigenvalue weighted by molar-refractivity contribution is 9.10. The minimum Gasteiger partial charge on any atom is -0.481 e. The van der Waals surface area contributed by atoms with E-state index in [-0.39, 0.29) is 17.7 Å². The molecule has 2 N–H and O–H groups in total. The molecule has 0 atom stereocenters. The van der Waals surface area contributed by atoms with Gasteiger partial charge in [-0.25, -0.2) is 0 Å². The normalized spacial score (nSPS) is 13.1. The number of carboxylic acid groups (broad SMARTS) is 1. The van der Waals surface area contributed by atoms with E-state index in [4.69, 9.17) is 14.6 Å². The molecular weight excluding hydrogens is 510 g/mol. The van der Waals surface area contributed by atoms with Gasteiger partial charge >= 0.3 is 5.97 Å². The van der Waals surface area contributed by atoms with Crippen molar-refractivity contribution >= 4 is 27.8 Å². The fourth-order valence-electron chi connectivity index (χ4n) is 3.68. The number of hydrogen-bond acceptors (Lipinski definition) is 4. The van der Waals surface area contributed by atoms with Crippen LogP contribution in [0.5, 0.6) is 0 Å². The molecule has 0 aromatic heterocycles. The maximum absolute atomic E-state index is 12.6. The lowest BCUT2D eigenvalue weighted by Crippen LogP contribution is -2.45. The van der Waals surface area contributed by atoms with E-state index >= 15 is 0 Å². The van der Waals surface area contributed by atoms with Crippen molar-refractivity contribution < 1.29 is 24.2 Å². The highest BCUT2D eigenvalue weighted by Gasteiger charge is 2.27. The lowest BCUT2D eigenvalue weighted by molar-refractivity contribution is -0.139. The maximum Gasteiger partial charge on any atom is 0.303 e. The molecule has 6 nitrogen and oxygen atoms in total. The van der Waals surface area contributed by atoms with Crippen LogP contribution < -0.4 is 5.32 Å². The molecule has 0 fully saturated rings. The third-order valence-electron chi connectivity index (χ3n) is 6.44. The predicted octanol–water partition coefficient (Wildman–Crippen LogP) is 6.64. The second-order valence-corrected chi connectivity index (χ2v) is 12.8. The number of benzene rings is 1. The minimum atomic E-state index is -0.825. The van der Waals surface area contributed by atoms with Crippen LogP contribution in [0.15, 0.2) is 28.7 Å². The number of aliphatic carboxylic acids is 1. The van der Waals surface area contributed by atoms with Crippen LogP contribution in [0, 0.1) is 0 Å². The number of hydrogen-bond donors (Lipinski definition) is 2. The van der Waals surface area contributed by atoms with E-state index in [1.165, 1.54) is 5.56 Å². The molecule has 7 heteroatoms. The van der Waals surface area contributed by atoms with Gasteiger partial charge in [0.2, 0.25) is 5.91 Å². The third kappa shape index (κ3) is 13.4. The van der Waals surface area contributed by atoms with Crippen LogP contribution in [0.4, 0.5) is 0 Å². The van der Waals surface area contributed by atoms with Gasteiger partial charge in [0.1, 0.15) is 0 Å². The number of carbonyl (C=O) groups is 2. The fraction of sp³-hybridized carbons (Fsp3) is 0.714. The largest absolute Gasteiger partial charge is 0.481 e. The molecule has 0 bridgehead atoms. The smallest absolute Gasteiger partial charge is 0.303 e. The zero-order chi connectivity index (χ0) is 26.9. The molecule has 0 aliphatic heterocycles. The average molecular weight is 557 g/mol. The SMILES string of the molecule is CC(C)(CCOC(C)(C)CCC(=O)O)NC(=O)CCC(C)(C)OCCC(C)(C)c1ccc(Br)cc1. The van der Waals surface area contributed by atoms with Gasteiger partial charge in [0.05, 0.1) is 11.2 Å². The van der Waals surface area contributed by atoms with Crippen molar-refractivity contribution in [2.24, 2.45) is 0 Å². The molecule has 0 saturated carbocycles. The Labute approximate surface area is 220 Å². The van der Waals surface area contributed by atoms with Gasteiger partial charge in [0, 0.05) is 36.1 Å². The van der Waals surface area contributed by atoms with E-state index in [0.717, 1.165) is 10.9 Å². The third-order valence-corrected chi connectivity index (χ3v) is 6.97. The van der Waals surface area contributed by atoms with Crippen molar-refractivity contribution in [1.82, 2.24) is 5.32 Å². The van der Waals surface area contributed by atoms with Crippen LogP contribution >= 0.6 is 15.9 Å². The fourth-order valence-corrected chi connectivity index (χ4v) is 3.94. The number of rotatable bonds is 16. The molecule has 1 rings (SSSR count). The van der Waals surface area contributed by atoms with Gasteiger partial charge in [-0.1, -0.05) is 41.9 Å². The lowest BCUT2D eigenvalue weighted by atomic mass is 9.82. The van der Waals surface area contributed by atoms with Crippen LogP contribution in [0.3, 0.4) is 0 Å². The summed E-state index contributed by atoms with van der Waals surface area (Å²) in [5.41, 5.74) is -0.0411. The van der Waals surface area contributed by atoms with Crippen LogP contribution in [-0.2, 0) is 24.5 Å². The molecule has 0 unspecified atom stereocenters. The van der Waals surface area contributed by atoms with Crippen molar-refractivity contribution in [3.63, 3.8) is 0 Å². The van der Waals surface area contributed by atoms with Crippen LogP contribution in [0.25, 0.3) is 0 Å². The minimum absolute atomic E-state index is 0.00242. The summed E-state index contributed by atoms with van der Waals surface area (Å²) >= 11 is 3.49. The van der Waals surface area contributed by atoms with E-state index in [9.17, 15) is 9.59 Å². The quantitative estimate of drug-likeness (QED) is 0.239. The number of halogens is 1. The van der Waals surface area contributed by atoms with Crippen molar-refractivity contribution in [2.75, 3.05) is 13.2 Å². The number of carbonyl (C=O) groups excluding carboxylic acids is 1. The van der Waals surface area contributed by atoms with Crippen LogP contribution in [0.1, 0.15) is 99.5 Å². The summed E-state index contributed by atoms with van der Waals surface area (Å²) in [5, 5.41) is 12.0. The molecular formula is C28H46BrNO5. The highest BCUT2D eigenvalue weighted by Crippen LogP contribution is 2.29. The molecule has 0 spiro atoms. The van der Waals surface area contributed by atoms with Crippen LogP contribution in [0.2, 0.25) is 0 Å². The number of amides is 1. The van der Waals surface area contributed by atoms with E-state index in [2.05, 4.69) is 59.4 Å². The average Bonchev–Trinajstić information content (AvgIpc) is 2.70. The topological polar surface area (TPSA) is 84.9 Å². The standard InChI is InChI=1S/C28H46BrNO5/c1-25(2,21-9-11-22(29)12-10-21)17-19-34-27(5,6)15-13-23(31)30-26(3,4)18-20-35-28(7,8)16-14-24(32)33/h9-12H,13-20H2,1-8H3,(H,30,31)(H,32,33). The first-order chi connectivity index (χ1) is 15.9. The summed E-state index contributed by atoms with van der Waals surface area (Å²) in [6, 6.07) is 8.41. The Morgan fingerprint density at radius 2 is 1.29 bits per heavy atom. The van der Waals surface area contributed by atoms with Gasteiger partial charge in [-0.2, -0.15) is 0 Å². The van der Waals surface area contributed by atoms with Crippen molar-refractivity contribution in [2.45, 2.75) is 116 Å². The van der Waals surface area contributed by atoms with Crippen LogP contribution in [-0.4, -0.2) is 46.9 Å². The zero-order valence-corrected chi connectivity index (χ0v) is 24.5. The molecule has 200 valence electrons. The number of nitrogens with one attached hydrogen (secondary N) is 1. The molecule has 0 heterocycles. The Balaban J connectivity index is 2.40. The Bertz CT molecular complexity index is 815. The Hall–Kier alpha value is -1.44. The lowest BCUT2D eigenvalue weighted by Gasteiger charge is -2.31. The van der Waals surface area contributed by atoms with Gasteiger partial charge in [-0.3, -0.25) is 9.59 Å². The highest BCUT2D eigenvalue weighted by atomic mass is 79.9. The van der Waals surface area contributed by atoms with E-state index < -0.39 is 22.7 Å². The second kappa shape index (κ2) is 13.2. The van der Waals surface area contributed by atoms with Crippen molar-refractivity contribution in [3.8, 4) is 0 Å². The van der Waals surface area contributed by atoms with Crippen molar-refractivity contribution in [3.05, 3.63) is 34.3 Å². The summed E-state index contributed by atoms with van der Waals surface area (Å²) in [4.78, 5) is 23.4. The second-order valence-electron chi connectivity index (χ2n) is 11.9. The predicted molar refractivity (Wildman–Crippen MR) is 145 cm³/mol. The number of ether oxygens (including phenoxy) is 2. The maximum atomic E-state index is 12.6. The monoisotopic (exact) mass is 555 g/mol. The van der Waals surface area contributed by atoms with Gasteiger partial charge in [-0.15, -0.1) is 0 Å². The molecule has 1 aromatic rings. The molecule has 0 saturated heterocycles. The van der Waals surface area contributed by atoms with Gasteiger partial charge in [0.25, 0.3) is 0 Å². The summed E-state index contributed by atoms with van der Waals surface area (Å²) in [6.45, 7) is 17.3. The molecule has 35 heavy (non-hydrogen) atoms. The van der Waals surface area contributed by atoms with E-state index in [0.29, 0.717) is 38.9 Å². The van der Waals surface area contributed by atoms with Gasteiger partial charge in [-0.05, 0) is 90.3 Å². The first-order valence-corrected chi connectivity index (χ1v) is 13.3. The van der Waals surface area contributed by atoms with E-state index in [1.807, 2.05) is 41.5 Å². The molecule has 0 radical (unpaired) electrons. The number of carboxylic acids is 1. The molecule has 1 amide bonds. The summed E-state index contributed by atoms with van der Waals surface area (Å²) in [7, 11) is 0. The molecule has 0 aliphatic carbocycles. The Morgan fingerprint density at radius 3 is 1.80 bits per heavy atom. The Kier molecular flexibility index (Phi) is 11.9. The van der Waals surface area contributed by atoms with E-state index in [1.54, 1.807) is 0 Å². The zero-order valence-electron chi connectivity index (χ0n) is 22.9. The first-order valence-electron chi connectivity index (χ1n) is 12.5. The summed E-state index contributed by atoms with van der Waals surface area (Å²) < 4.78 is 13.1. The summed E-state index contributed by atoms with van der Waals surface area (Å²) in [6.07, 6.45) is 3.07. The van der Waals surface area contributed by atoms with Gasteiger partial charge < -0.3 is 19.9 Å². The first kappa shape index (κ1) is 31.6.